The predicted molar refractivity (Wildman–Crippen MR) is 253 cm³/mol. The molecule has 0 fully saturated rings. The van der Waals surface area contributed by atoms with Gasteiger partial charge in [0.25, 0.3) is 0 Å². The fourth-order valence-electron chi connectivity index (χ4n) is 5.71. The lowest BCUT2D eigenvalue weighted by Crippen LogP contribution is -2.55. The fourth-order valence-corrected chi connectivity index (χ4v) is 5.71. The molecule has 8 heteroatoms. The fraction of sp³-hybridized carbons (Fsp3) is 0.528. The van der Waals surface area contributed by atoms with Crippen LogP contribution in [0.4, 0.5) is 0 Å². The van der Waals surface area contributed by atoms with E-state index in [1.54, 1.807) is 21.1 Å². The Morgan fingerprint density at radius 1 is 0.508 bits per heavy atom. The minimum absolute atomic E-state index is 0.00319. The number of likely N-dealkylation sites (N-methyl/N-ethyl adjacent to an activating group) is 1. The monoisotopic (exact) mass is 844 g/mol. The maximum atomic E-state index is 12.7. The molecule has 0 aromatic heterocycles. The number of carbonyl (C=O) groups excluding carboxylic acids is 3. The van der Waals surface area contributed by atoms with Gasteiger partial charge in [-0.25, -0.2) is 0 Å². The summed E-state index contributed by atoms with van der Waals surface area (Å²) >= 11 is 0. The number of nitrogens with zero attached hydrogens (tertiary/aromatic N) is 1. The van der Waals surface area contributed by atoms with Crippen LogP contribution >= 0.6 is 0 Å². The van der Waals surface area contributed by atoms with Crippen molar-refractivity contribution in [3.63, 3.8) is 0 Å². The highest BCUT2D eigenvalue weighted by Gasteiger charge is 2.25. The van der Waals surface area contributed by atoms with Gasteiger partial charge in [-0.3, -0.25) is 9.59 Å². The standard InChI is InChI=1S/C53H81NO7/c1-6-8-10-12-14-16-18-20-22-24-25-26-28-29-31-33-35-37-39-41-43-51(55)60-48-49(47-59-46-45-50(53(57)58)54(3,4)5)61-52(56)44-42-40-38-36-34-32-30-27-23-21-19-17-15-13-11-9-7-2/h8-11,13-17,19-23,25-27,29-32,34,49-50H,6-7,12,18,24,28,33,35-48H2,1-5H3/b10-8+,11-9+,15-13+,16-14+,19-17+,22-20+,23-21+,26-25+,30-27+,31-29+,34-32+. The molecule has 0 saturated carbocycles. The zero-order valence-corrected chi connectivity index (χ0v) is 38.5. The number of carboxylic acids is 1. The van der Waals surface area contributed by atoms with E-state index in [9.17, 15) is 19.5 Å². The van der Waals surface area contributed by atoms with Crippen LogP contribution in [0.1, 0.15) is 129 Å². The minimum Gasteiger partial charge on any atom is -0.544 e. The molecule has 340 valence electrons. The summed E-state index contributed by atoms with van der Waals surface area (Å²) in [7, 11) is 5.36. The van der Waals surface area contributed by atoms with Gasteiger partial charge in [0.1, 0.15) is 12.6 Å². The van der Waals surface area contributed by atoms with Crippen LogP contribution in [0.2, 0.25) is 0 Å². The second kappa shape index (κ2) is 42.2. The molecule has 0 aliphatic heterocycles. The van der Waals surface area contributed by atoms with Crippen LogP contribution in [-0.4, -0.2) is 75.5 Å². The van der Waals surface area contributed by atoms with E-state index in [-0.39, 0.29) is 49.1 Å². The van der Waals surface area contributed by atoms with E-state index in [0.717, 1.165) is 89.9 Å². The Kier molecular flexibility index (Phi) is 39.0. The van der Waals surface area contributed by atoms with Crippen LogP contribution in [0, 0.1) is 0 Å². The first-order valence-corrected chi connectivity index (χ1v) is 22.8. The summed E-state index contributed by atoms with van der Waals surface area (Å²) in [6.07, 6.45) is 60.5. The average Bonchev–Trinajstić information content (AvgIpc) is 3.22. The number of quaternary nitrogens is 1. The Labute approximate surface area is 371 Å². The molecule has 0 heterocycles. The van der Waals surface area contributed by atoms with Crippen molar-refractivity contribution in [1.82, 2.24) is 0 Å². The van der Waals surface area contributed by atoms with Crippen molar-refractivity contribution in [2.45, 2.75) is 142 Å². The van der Waals surface area contributed by atoms with Gasteiger partial charge < -0.3 is 28.6 Å². The summed E-state index contributed by atoms with van der Waals surface area (Å²) < 4.78 is 17.1. The van der Waals surface area contributed by atoms with Crippen molar-refractivity contribution in [2.24, 2.45) is 0 Å². The van der Waals surface area contributed by atoms with Crippen molar-refractivity contribution in [2.75, 3.05) is 41.0 Å². The summed E-state index contributed by atoms with van der Waals surface area (Å²) in [5.74, 6) is -1.85. The normalized spacial score (nSPS) is 14.2. The first kappa shape index (κ1) is 56.5. The van der Waals surface area contributed by atoms with Gasteiger partial charge in [0.15, 0.2) is 6.10 Å². The van der Waals surface area contributed by atoms with Crippen LogP contribution in [0.25, 0.3) is 0 Å². The van der Waals surface area contributed by atoms with Crippen molar-refractivity contribution in [3.8, 4) is 0 Å². The molecule has 0 aromatic carbocycles. The summed E-state index contributed by atoms with van der Waals surface area (Å²) in [4.78, 5) is 36.9. The molecule has 2 unspecified atom stereocenters. The molecule has 0 aliphatic carbocycles. The van der Waals surface area contributed by atoms with E-state index < -0.39 is 18.1 Å². The zero-order chi connectivity index (χ0) is 44.9. The van der Waals surface area contributed by atoms with Crippen LogP contribution in [0.5, 0.6) is 0 Å². The Morgan fingerprint density at radius 3 is 1.48 bits per heavy atom. The number of aliphatic carboxylic acids is 1. The summed E-state index contributed by atoms with van der Waals surface area (Å²) in [6.45, 7) is 4.29. The van der Waals surface area contributed by atoms with Gasteiger partial charge in [-0.1, -0.05) is 167 Å². The van der Waals surface area contributed by atoms with Crippen LogP contribution in [-0.2, 0) is 28.6 Å². The number of hydrogen-bond donors (Lipinski definition) is 0. The number of unbranched alkanes of at least 4 members (excludes halogenated alkanes) is 7. The Bertz CT molecular complexity index is 1450. The third-order valence-corrected chi connectivity index (χ3v) is 9.19. The lowest BCUT2D eigenvalue weighted by molar-refractivity contribution is -0.889. The van der Waals surface area contributed by atoms with Gasteiger partial charge >= 0.3 is 11.9 Å². The first-order chi connectivity index (χ1) is 29.6. The number of carbonyl (C=O) groups is 3. The summed E-state index contributed by atoms with van der Waals surface area (Å²) in [6, 6.07) is -0.748. The Hall–Kier alpha value is -4.53. The molecule has 0 spiro atoms. The highest BCUT2D eigenvalue weighted by Crippen LogP contribution is 2.11. The lowest BCUT2D eigenvalue weighted by atomic mass is 10.1. The van der Waals surface area contributed by atoms with Crippen molar-refractivity contribution >= 4 is 17.9 Å². The molecule has 0 bridgehead atoms. The van der Waals surface area contributed by atoms with E-state index in [1.807, 2.05) is 60.8 Å². The van der Waals surface area contributed by atoms with Gasteiger partial charge in [-0.2, -0.15) is 0 Å². The number of hydrogen-bond acceptors (Lipinski definition) is 7. The molecule has 0 aliphatic rings. The molecule has 0 N–H and O–H groups in total. The lowest BCUT2D eigenvalue weighted by Gasteiger charge is -2.34. The highest BCUT2D eigenvalue weighted by atomic mass is 16.6. The Balaban J connectivity index is 4.50. The smallest absolute Gasteiger partial charge is 0.306 e. The average molecular weight is 844 g/mol. The molecular weight excluding hydrogens is 763 g/mol. The molecule has 0 amide bonds. The number of esters is 2. The second-order valence-electron chi connectivity index (χ2n) is 15.7. The number of carboxylic acid groups (broad SMARTS) is 1. The molecule has 0 saturated heterocycles. The molecule has 0 aromatic rings. The van der Waals surface area contributed by atoms with Crippen molar-refractivity contribution in [3.05, 3.63) is 134 Å². The van der Waals surface area contributed by atoms with E-state index >= 15 is 0 Å². The third-order valence-electron chi connectivity index (χ3n) is 9.19. The van der Waals surface area contributed by atoms with Gasteiger partial charge in [0.05, 0.1) is 40.3 Å². The minimum atomic E-state index is -1.14. The van der Waals surface area contributed by atoms with Crippen LogP contribution in [0.3, 0.4) is 0 Å². The number of ether oxygens (including phenoxy) is 3. The largest absolute Gasteiger partial charge is 0.544 e. The van der Waals surface area contributed by atoms with E-state index in [1.165, 1.54) is 0 Å². The number of allylic oxidation sites excluding steroid dienone is 22. The second-order valence-corrected chi connectivity index (χ2v) is 15.7. The SMILES string of the molecule is CC/C=C/C=C/C=C/C=C/C=C/C=C/CCCCCC(=O)OC(COCCC(C(=O)[O-])[N+](C)(C)C)COC(=O)CCCCCC/C=C/C/C=C/C/C=C/C/C=C/C/C=C/CC. The van der Waals surface area contributed by atoms with Gasteiger partial charge in [0.2, 0.25) is 0 Å². The topological polar surface area (TPSA) is 102 Å². The maximum absolute atomic E-state index is 12.7. The van der Waals surface area contributed by atoms with Gasteiger partial charge in [-0.15, -0.1) is 0 Å². The zero-order valence-electron chi connectivity index (χ0n) is 38.5. The number of rotatable bonds is 38. The molecule has 8 nitrogen and oxygen atoms in total. The van der Waals surface area contributed by atoms with E-state index in [4.69, 9.17) is 14.2 Å². The first-order valence-electron chi connectivity index (χ1n) is 22.8. The van der Waals surface area contributed by atoms with Gasteiger partial charge in [-0.05, 0) is 77.0 Å². The summed E-state index contributed by atoms with van der Waals surface area (Å²) in [5.41, 5.74) is 0. The Morgan fingerprint density at radius 2 is 0.951 bits per heavy atom. The van der Waals surface area contributed by atoms with Gasteiger partial charge in [0, 0.05) is 19.3 Å². The van der Waals surface area contributed by atoms with E-state index in [0.29, 0.717) is 12.8 Å². The molecule has 61 heavy (non-hydrogen) atoms. The summed E-state index contributed by atoms with van der Waals surface area (Å²) in [5, 5.41) is 11.6. The van der Waals surface area contributed by atoms with E-state index in [2.05, 4.69) is 86.8 Å². The third kappa shape index (κ3) is 40.6. The maximum Gasteiger partial charge on any atom is 0.306 e. The molecule has 2 atom stereocenters. The predicted octanol–water partition coefficient (Wildman–Crippen LogP) is 11.5. The highest BCUT2D eigenvalue weighted by molar-refractivity contribution is 5.70. The van der Waals surface area contributed by atoms with Crippen molar-refractivity contribution in [1.29, 1.82) is 0 Å². The molecule has 0 radical (unpaired) electrons. The molecular formula is C53H81NO7. The molecule has 0 rings (SSSR count). The van der Waals surface area contributed by atoms with Crippen molar-refractivity contribution < 1.29 is 38.2 Å². The van der Waals surface area contributed by atoms with Crippen LogP contribution < -0.4 is 5.11 Å². The quantitative estimate of drug-likeness (QED) is 0.0200. The van der Waals surface area contributed by atoms with Crippen LogP contribution in [0.15, 0.2) is 134 Å².